The first-order valence-corrected chi connectivity index (χ1v) is 11.8. The second kappa shape index (κ2) is 9.31. The van der Waals surface area contributed by atoms with Crippen molar-refractivity contribution in [3.05, 3.63) is 89.2 Å². The minimum Gasteiger partial charge on any atom is -0.495 e. The Hall–Kier alpha value is -3.44. The third kappa shape index (κ3) is 3.66. The van der Waals surface area contributed by atoms with Crippen LogP contribution in [0.25, 0.3) is 0 Å². The quantitative estimate of drug-likeness (QED) is 0.600. The van der Waals surface area contributed by atoms with Crippen LogP contribution >= 0.6 is 0 Å². The average molecular weight is 472 g/mol. The van der Waals surface area contributed by atoms with Crippen molar-refractivity contribution < 1.29 is 19.3 Å². The van der Waals surface area contributed by atoms with Crippen LogP contribution in [-0.4, -0.2) is 43.5 Å². The van der Waals surface area contributed by atoms with Gasteiger partial charge < -0.3 is 24.6 Å². The Balaban J connectivity index is 0.000000371. The molecule has 2 N–H and O–H groups in total. The van der Waals surface area contributed by atoms with Gasteiger partial charge in [0.05, 0.1) is 56.0 Å². The topological polar surface area (TPSA) is 96.6 Å². The Kier molecular flexibility index (Phi) is 6.20. The number of hydrogen-bond donors (Lipinski definition) is 2. The first-order valence-electron chi connectivity index (χ1n) is 11.8. The van der Waals surface area contributed by atoms with Gasteiger partial charge in [-0.3, -0.25) is 4.98 Å². The van der Waals surface area contributed by atoms with Gasteiger partial charge in [-0.05, 0) is 43.1 Å². The minimum atomic E-state index is -1.27. The highest BCUT2D eigenvalue weighted by atomic mass is 16.5. The average Bonchev–Trinajstić information content (AvgIpc) is 3.31. The number of hydrogen-bond acceptors (Lipinski definition) is 7. The Morgan fingerprint density at radius 3 is 2.43 bits per heavy atom. The predicted molar refractivity (Wildman–Crippen MR) is 130 cm³/mol. The zero-order valence-corrected chi connectivity index (χ0v) is 19.9. The number of fused-ring (bicyclic) bond motifs is 3. The largest absolute Gasteiger partial charge is 0.495 e. The lowest BCUT2D eigenvalue weighted by molar-refractivity contribution is -0.106. The van der Waals surface area contributed by atoms with E-state index < -0.39 is 11.2 Å². The smallest absolute Gasteiger partial charge is 0.174 e. The van der Waals surface area contributed by atoms with Crippen LogP contribution in [0.3, 0.4) is 0 Å². The summed E-state index contributed by atoms with van der Waals surface area (Å²) in [6, 6.07) is 20.2. The number of aliphatic hydroxyl groups is 1. The van der Waals surface area contributed by atoms with E-state index in [2.05, 4.69) is 28.5 Å². The Morgan fingerprint density at radius 2 is 1.86 bits per heavy atom. The molecule has 3 unspecified atom stereocenters. The summed E-state index contributed by atoms with van der Waals surface area (Å²) in [5.41, 5.74) is 0.860. The number of likely N-dealkylation sites (N-methyl/N-ethyl adjacent to an activating group) is 1. The molecule has 0 bridgehead atoms. The number of pyridine rings is 1. The second-order valence-corrected chi connectivity index (χ2v) is 9.13. The Morgan fingerprint density at radius 1 is 1.11 bits per heavy atom. The van der Waals surface area contributed by atoms with Gasteiger partial charge in [0, 0.05) is 5.92 Å². The normalized spacial score (nSPS) is 26.3. The summed E-state index contributed by atoms with van der Waals surface area (Å²) in [4.78, 5) is 4.23. The minimum absolute atomic E-state index is 0.0706. The van der Waals surface area contributed by atoms with Crippen molar-refractivity contribution in [3.8, 4) is 17.6 Å². The van der Waals surface area contributed by atoms with Gasteiger partial charge in [0.15, 0.2) is 5.60 Å². The number of benzene rings is 2. The highest BCUT2D eigenvalue weighted by molar-refractivity contribution is 5.57. The molecular weight excluding hydrogens is 442 g/mol. The van der Waals surface area contributed by atoms with Crippen molar-refractivity contribution in [2.45, 2.75) is 36.0 Å². The van der Waals surface area contributed by atoms with E-state index in [1.807, 2.05) is 37.4 Å². The molecule has 3 heterocycles. The van der Waals surface area contributed by atoms with E-state index in [-0.39, 0.29) is 5.92 Å². The molecular formula is C28H29N3O4. The zero-order valence-electron chi connectivity index (χ0n) is 19.9. The highest BCUT2D eigenvalue weighted by Gasteiger charge is 2.69. The molecule has 0 spiro atoms. The highest BCUT2D eigenvalue weighted by Crippen LogP contribution is 2.67. The SMILES string of the molecule is CNC1COC1.COc1cncc2c1C1(O)CCC(c3ccccc3)C1(c1ccc(C#N)cc1)O2. The summed E-state index contributed by atoms with van der Waals surface area (Å²) in [6.45, 7) is 1.80. The molecule has 3 atom stereocenters. The summed E-state index contributed by atoms with van der Waals surface area (Å²) in [5, 5.41) is 24.5. The fourth-order valence-corrected chi connectivity index (χ4v) is 5.51. The van der Waals surface area contributed by atoms with Crippen molar-refractivity contribution in [2.24, 2.45) is 0 Å². The van der Waals surface area contributed by atoms with Crippen LogP contribution in [-0.2, 0) is 15.9 Å². The van der Waals surface area contributed by atoms with E-state index in [4.69, 9.17) is 14.2 Å². The molecule has 0 radical (unpaired) electrons. The molecule has 2 aromatic carbocycles. The summed E-state index contributed by atoms with van der Waals surface area (Å²) in [6.07, 6.45) is 4.54. The monoisotopic (exact) mass is 471 g/mol. The molecule has 1 saturated carbocycles. The van der Waals surface area contributed by atoms with Crippen molar-refractivity contribution in [3.63, 3.8) is 0 Å². The number of aromatic nitrogens is 1. The maximum Gasteiger partial charge on any atom is 0.174 e. The molecule has 0 amide bonds. The molecule has 180 valence electrons. The molecule has 6 rings (SSSR count). The van der Waals surface area contributed by atoms with Crippen molar-refractivity contribution in [2.75, 3.05) is 27.4 Å². The van der Waals surface area contributed by atoms with Crippen LogP contribution in [0.4, 0.5) is 0 Å². The van der Waals surface area contributed by atoms with Gasteiger partial charge in [-0.2, -0.15) is 5.26 Å². The molecule has 3 aromatic rings. The third-order valence-electron chi connectivity index (χ3n) is 7.37. The van der Waals surface area contributed by atoms with Gasteiger partial charge in [-0.15, -0.1) is 0 Å². The fraction of sp³-hybridized carbons (Fsp3) is 0.357. The molecule has 3 aliphatic rings. The second-order valence-electron chi connectivity index (χ2n) is 9.13. The van der Waals surface area contributed by atoms with Gasteiger partial charge in [0.25, 0.3) is 0 Å². The summed E-state index contributed by atoms with van der Waals surface area (Å²) in [5.74, 6) is 0.991. The van der Waals surface area contributed by atoms with Crippen molar-refractivity contribution in [1.82, 2.24) is 10.3 Å². The van der Waals surface area contributed by atoms with Crippen LogP contribution in [0.15, 0.2) is 67.0 Å². The van der Waals surface area contributed by atoms with Gasteiger partial charge in [-0.1, -0.05) is 42.5 Å². The maximum atomic E-state index is 12.2. The van der Waals surface area contributed by atoms with E-state index in [1.54, 1.807) is 31.6 Å². The Bertz CT molecular complexity index is 1220. The van der Waals surface area contributed by atoms with E-state index >= 15 is 0 Å². The molecule has 2 fully saturated rings. The fourth-order valence-electron chi connectivity index (χ4n) is 5.51. The van der Waals surface area contributed by atoms with E-state index in [0.717, 1.165) is 30.8 Å². The Labute approximate surface area is 205 Å². The van der Waals surface area contributed by atoms with Crippen LogP contribution in [0, 0.1) is 11.3 Å². The summed E-state index contributed by atoms with van der Waals surface area (Å²) in [7, 11) is 3.53. The lowest BCUT2D eigenvalue weighted by Gasteiger charge is -2.40. The lowest BCUT2D eigenvalue weighted by atomic mass is 9.71. The van der Waals surface area contributed by atoms with E-state index in [0.29, 0.717) is 35.1 Å². The van der Waals surface area contributed by atoms with Gasteiger partial charge in [-0.25, -0.2) is 0 Å². The molecule has 1 aromatic heterocycles. The summed E-state index contributed by atoms with van der Waals surface area (Å²) < 4.78 is 17.0. The van der Waals surface area contributed by atoms with Crippen molar-refractivity contribution >= 4 is 0 Å². The van der Waals surface area contributed by atoms with Crippen LogP contribution < -0.4 is 14.8 Å². The summed E-state index contributed by atoms with van der Waals surface area (Å²) >= 11 is 0. The lowest BCUT2D eigenvalue weighted by Crippen LogP contribution is -2.48. The number of methoxy groups -OCH3 is 1. The zero-order chi connectivity index (χ0) is 24.5. The van der Waals surface area contributed by atoms with Crippen molar-refractivity contribution in [1.29, 1.82) is 5.26 Å². The number of nitrogens with zero attached hydrogens (tertiary/aromatic N) is 2. The number of nitriles is 1. The molecule has 1 saturated heterocycles. The molecule has 35 heavy (non-hydrogen) atoms. The number of ether oxygens (including phenoxy) is 3. The van der Waals surface area contributed by atoms with Crippen LogP contribution in [0.1, 0.15) is 41.0 Å². The first-order chi connectivity index (χ1) is 17.1. The molecule has 7 heteroatoms. The predicted octanol–water partition coefficient (Wildman–Crippen LogP) is 3.62. The number of nitrogens with one attached hydrogen (secondary N) is 1. The van der Waals surface area contributed by atoms with E-state index in [1.165, 1.54) is 0 Å². The first kappa shape index (κ1) is 23.3. The third-order valence-corrected chi connectivity index (χ3v) is 7.37. The van der Waals surface area contributed by atoms with Gasteiger partial charge in [0.1, 0.15) is 17.1 Å². The van der Waals surface area contributed by atoms with E-state index in [9.17, 15) is 10.4 Å². The molecule has 2 aliphatic heterocycles. The van der Waals surface area contributed by atoms with Crippen LogP contribution in [0.2, 0.25) is 0 Å². The molecule has 1 aliphatic carbocycles. The van der Waals surface area contributed by atoms with Gasteiger partial charge in [0.2, 0.25) is 0 Å². The van der Waals surface area contributed by atoms with Gasteiger partial charge >= 0.3 is 0 Å². The maximum absolute atomic E-state index is 12.2. The molecule has 7 nitrogen and oxygen atoms in total. The van der Waals surface area contributed by atoms with Crippen LogP contribution in [0.5, 0.6) is 11.5 Å². The number of rotatable bonds is 4. The standard InChI is InChI=1S/C24H20N2O3.C4H9NO/c1-28-20-14-26-15-21-22(20)23(27)12-11-19(17-5-3-2-4-6-17)24(23,29-21)18-9-7-16(13-25)8-10-18;1-5-4-2-6-3-4/h2-10,14-15,19,27H,11-12H2,1H3;4-5H,2-3H2,1H3.